The van der Waals surface area contributed by atoms with Crippen molar-refractivity contribution in [1.29, 1.82) is 0 Å². The van der Waals surface area contributed by atoms with Crippen LogP contribution in [-0.4, -0.2) is 14.8 Å². The van der Waals surface area contributed by atoms with Gasteiger partial charge in [-0.3, -0.25) is 4.98 Å². The lowest BCUT2D eigenvalue weighted by atomic mass is 9.91. The van der Waals surface area contributed by atoms with E-state index in [0.29, 0.717) is 5.92 Å². The van der Waals surface area contributed by atoms with E-state index in [1.807, 2.05) is 12.3 Å². The third-order valence-corrected chi connectivity index (χ3v) is 3.93. The van der Waals surface area contributed by atoms with Crippen LogP contribution in [0.5, 0.6) is 0 Å². The molecule has 0 aliphatic carbocycles. The molecule has 2 aromatic heterocycles. The van der Waals surface area contributed by atoms with Crippen LogP contribution in [0.4, 0.5) is 0 Å². The maximum Gasteiger partial charge on any atom is 0.0723 e. The second-order valence-electron chi connectivity index (χ2n) is 7.15. The molecule has 3 aromatic rings. The number of rotatable bonds is 2. The number of hydrogen-bond acceptors (Lipinski definition) is 2. The minimum Gasteiger partial charge on any atom is -0.256 e. The Balaban J connectivity index is 2.18. The van der Waals surface area contributed by atoms with E-state index in [2.05, 4.69) is 74.6 Å². The molecule has 2 heterocycles. The molecule has 1 aromatic carbocycles. The van der Waals surface area contributed by atoms with E-state index >= 15 is 0 Å². The van der Waals surface area contributed by atoms with Crippen molar-refractivity contribution in [3.63, 3.8) is 0 Å². The van der Waals surface area contributed by atoms with Gasteiger partial charge in [-0.05, 0) is 30.2 Å². The third kappa shape index (κ3) is 2.63. The van der Waals surface area contributed by atoms with Crippen molar-refractivity contribution in [2.75, 3.05) is 0 Å². The summed E-state index contributed by atoms with van der Waals surface area (Å²) in [5.41, 5.74) is 4.48. The van der Waals surface area contributed by atoms with Crippen LogP contribution in [0.15, 0.2) is 42.6 Å². The number of nitrogens with zero attached hydrogens (tertiary/aromatic N) is 3. The monoisotopic (exact) mass is 293 g/mol. The second kappa shape index (κ2) is 5.24. The molecule has 3 heteroatoms. The summed E-state index contributed by atoms with van der Waals surface area (Å²) in [7, 11) is 0. The van der Waals surface area contributed by atoms with Crippen LogP contribution in [0.3, 0.4) is 0 Å². The molecule has 0 aliphatic heterocycles. The zero-order valence-electron chi connectivity index (χ0n) is 14.0. The molecule has 0 aliphatic rings. The molecule has 0 spiro atoms. The standard InChI is InChI=1S/C19H23N3/c1-13(2)17-12-18(19(3,4)5)21-22(17)15-9-8-14-7-6-10-20-16(14)11-15/h6-13H,1-5H3. The predicted octanol–water partition coefficient (Wildman–Crippen LogP) is 4.84. The topological polar surface area (TPSA) is 30.7 Å². The van der Waals surface area contributed by atoms with Gasteiger partial charge in [0.2, 0.25) is 0 Å². The van der Waals surface area contributed by atoms with E-state index in [0.717, 1.165) is 22.3 Å². The SMILES string of the molecule is CC(C)c1cc(C(C)(C)C)nn1-c1ccc2cccnc2c1. The summed E-state index contributed by atoms with van der Waals surface area (Å²) >= 11 is 0. The zero-order chi connectivity index (χ0) is 15.9. The largest absolute Gasteiger partial charge is 0.256 e. The summed E-state index contributed by atoms with van der Waals surface area (Å²) in [5, 5.41) is 6.02. The Labute approximate surface area is 132 Å². The zero-order valence-corrected chi connectivity index (χ0v) is 14.0. The first kappa shape index (κ1) is 14.8. The van der Waals surface area contributed by atoms with Crippen molar-refractivity contribution in [1.82, 2.24) is 14.8 Å². The predicted molar refractivity (Wildman–Crippen MR) is 91.7 cm³/mol. The highest BCUT2D eigenvalue weighted by atomic mass is 15.3. The Morgan fingerprint density at radius 3 is 2.50 bits per heavy atom. The number of hydrogen-bond donors (Lipinski definition) is 0. The highest BCUT2D eigenvalue weighted by molar-refractivity contribution is 5.80. The van der Waals surface area contributed by atoms with Gasteiger partial charge >= 0.3 is 0 Å². The van der Waals surface area contributed by atoms with E-state index < -0.39 is 0 Å². The molecule has 114 valence electrons. The Bertz CT molecular complexity index is 807. The minimum atomic E-state index is 0.0456. The Morgan fingerprint density at radius 1 is 1.05 bits per heavy atom. The Hall–Kier alpha value is -2.16. The van der Waals surface area contributed by atoms with Gasteiger partial charge in [-0.15, -0.1) is 0 Å². The average Bonchev–Trinajstić information content (AvgIpc) is 2.92. The molecule has 0 bridgehead atoms. The smallest absolute Gasteiger partial charge is 0.0723 e. The van der Waals surface area contributed by atoms with Crippen molar-refractivity contribution in [2.45, 2.75) is 46.0 Å². The highest BCUT2D eigenvalue weighted by Crippen LogP contribution is 2.28. The van der Waals surface area contributed by atoms with Crippen LogP contribution in [0.2, 0.25) is 0 Å². The number of benzene rings is 1. The van der Waals surface area contributed by atoms with Crippen molar-refractivity contribution in [2.24, 2.45) is 0 Å². The Morgan fingerprint density at radius 2 is 1.82 bits per heavy atom. The molecule has 0 atom stereocenters. The van der Waals surface area contributed by atoms with Crippen LogP contribution < -0.4 is 0 Å². The van der Waals surface area contributed by atoms with E-state index in [9.17, 15) is 0 Å². The van der Waals surface area contributed by atoms with E-state index in [1.54, 1.807) is 0 Å². The molecule has 0 amide bonds. The van der Waals surface area contributed by atoms with Crippen molar-refractivity contribution < 1.29 is 0 Å². The van der Waals surface area contributed by atoms with Crippen LogP contribution in [0, 0.1) is 0 Å². The molecule has 0 saturated heterocycles. The maximum absolute atomic E-state index is 4.87. The van der Waals surface area contributed by atoms with Crippen LogP contribution in [0.1, 0.15) is 51.9 Å². The van der Waals surface area contributed by atoms with Gasteiger partial charge in [0, 0.05) is 22.7 Å². The lowest BCUT2D eigenvalue weighted by Gasteiger charge is -2.14. The van der Waals surface area contributed by atoms with Gasteiger partial charge in [0.15, 0.2) is 0 Å². The van der Waals surface area contributed by atoms with Gasteiger partial charge in [-0.25, -0.2) is 4.68 Å². The van der Waals surface area contributed by atoms with E-state index in [1.165, 1.54) is 5.69 Å². The minimum absolute atomic E-state index is 0.0456. The highest BCUT2D eigenvalue weighted by Gasteiger charge is 2.21. The molecule has 3 rings (SSSR count). The van der Waals surface area contributed by atoms with Crippen LogP contribution in [0.25, 0.3) is 16.6 Å². The lowest BCUT2D eigenvalue weighted by molar-refractivity contribution is 0.559. The molecular weight excluding hydrogens is 270 g/mol. The maximum atomic E-state index is 4.87. The van der Waals surface area contributed by atoms with Crippen molar-refractivity contribution in [3.05, 3.63) is 54.0 Å². The fourth-order valence-corrected chi connectivity index (χ4v) is 2.57. The summed E-state index contributed by atoms with van der Waals surface area (Å²) in [6.45, 7) is 11.0. The molecule has 0 unspecified atom stereocenters. The van der Waals surface area contributed by atoms with Gasteiger partial charge in [-0.2, -0.15) is 5.10 Å². The van der Waals surface area contributed by atoms with E-state index in [4.69, 9.17) is 5.10 Å². The number of aromatic nitrogens is 3. The third-order valence-electron chi connectivity index (χ3n) is 3.93. The van der Waals surface area contributed by atoms with Gasteiger partial charge < -0.3 is 0 Å². The molecular formula is C19H23N3. The lowest BCUT2D eigenvalue weighted by Crippen LogP contribution is -2.12. The molecule has 22 heavy (non-hydrogen) atoms. The summed E-state index contributed by atoms with van der Waals surface area (Å²) in [5.74, 6) is 0.419. The molecule has 0 saturated carbocycles. The first-order valence-electron chi connectivity index (χ1n) is 7.82. The fraction of sp³-hybridized carbons (Fsp3) is 0.368. The van der Waals surface area contributed by atoms with Gasteiger partial charge in [0.1, 0.15) is 0 Å². The normalized spacial score (nSPS) is 12.3. The summed E-state index contributed by atoms with van der Waals surface area (Å²) in [6.07, 6.45) is 1.83. The van der Waals surface area contributed by atoms with Crippen molar-refractivity contribution >= 4 is 10.9 Å². The number of fused-ring (bicyclic) bond motifs is 1. The van der Waals surface area contributed by atoms with Gasteiger partial charge in [0.25, 0.3) is 0 Å². The van der Waals surface area contributed by atoms with Gasteiger partial charge in [0.05, 0.1) is 16.9 Å². The molecule has 0 N–H and O–H groups in total. The van der Waals surface area contributed by atoms with Crippen LogP contribution in [-0.2, 0) is 5.41 Å². The second-order valence-corrected chi connectivity index (χ2v) is 7.15. The average molecular weight is 293 g/mol. The first-order valence-corrected chi connectivity index (χ1v) is 7.82. The Kier molecular flexibility index (Phi) is 3.51. The molecule has 0 fully saturated rings. The quantitative estimate of drug-likeness (QED) is 0.676. The summed E-state index contributed by atoms with van der Waals surface area (Å²) in [6, 6.07) is 12.6. The van der Waals surface area contributed by atoms with Crippen LogP contribution >= 0.6 is 0 Å². The fourth-order valence-electron chi connectivity index (χ4n) is 2.57. The van der Waals surface area contributed by atoms with Gasteiger partial charge in [-0.1, -0.05) is 46.8 Å². The first-order chi connectivity index (χ1) is 10.4. The molecule has 3 nitrogen and oxygen atoms in total. The van der Waals surface area contributed by atoms with Crippen molar-refractivity contribution in [3.8, 4) is 5.69 Å². The number of pyridine rings is 1. The molecule has 0 radical (unpaired) electrons. The summed E-state index contributed by atoms with van der Waals surface area (Å²) < 4.78 is 2.07. The van der Waals surface area contributed by atoms with E-state index in [-0.39, 0.29) is 5.41 Å². The summed E-state index contributed by atoms with van der Waals surface area (Å²) in [4.78, 5) is 4.46.